The van der Waals surface area contributed by atoms with Gasteiger partial charge in [0.05, 0.1) is 0 Å². The molecule has 0 bridgehead atoms. The van der Waals surface area contributed by atoms with E-state index in [0.29, 0.717) is 5.82 Å². The van der Waals surface area contributed by atoms with E-state index in [9.17, 15) is 0 Å². The van der Waals surface area contributed by atoms with Gasteiger partial charge in [0, 0.05) is 12.6 Å². The predicted octanol–water partition coefficient (Wildman–Crippen LogP) is 1.19. The third-order valence-electron chi connectivity index (χ3n) is 3.87. The van der Waals surface area contributed by atoms with Crippen LogP contribution in [0.4, 0.5) is 17.6 Å². The lowest BCUT2D eigenvalue weighted by molar-refractivity contribution is 0.427. The maximum absolute atomic E-state index is 5.63. The monoisotopic (exact) mass is 248 g/mol. The van der Waals surface area contributed by atoms with Crippen molar-refractivity contribution < 1.29 is 0 Å². The fourth-order valence-electron chi connectivity index (χ4n) is 2.62. The van der Waals surface area contributed by atoms with Crippen molar-refractivity contribution in [3.05, 3.63) is 6.07 Å². The average Bonchev–Trinajstić information content (AvgIpc) is 3.22. The van der Waals surface area contributed by atoms with Gasteiger partial charge in [-0.05, 0) is 43.4 Å². The fourth-order valence-corrected chi connectivity index (χ4v) is 2.62. The number of aromatic nitrogens is 2. The maximum atomic E-state index is 5.63. The molecule has 6 N–H and O–H groups in total. The second-order valence-corrected chi connectivity index (χ2v) is 5.36. The molecule has 1 aromatic heterocycles. The fraction of sp³-hybridized carbons (Fsp3) is 0.667. The number of anilines is 3. The number of hydrogen-bond donors (Lipinski definition) is 4. The number of hydrogen-bond acceptors (Lipinski definition) is 6. The summed E-state index contributed by atoms with van der Waals surface area (Å²) in [6.45, 7) is 0.982. The van der Waals surface area contributed by atoms with Gasteiger partial charge >= 0.3 is 0 Å². The Morgan fingerprint density at radius 2 is 1.78 bits per heavy atom. The Morgan fingerprint density at radius 3 is 2.33 bits per heavy atom. The molecule has 0 saturated heterocycles. The van der Waals surface area contributed by atoms with E-state index in [0.717, 1.165) is 30.1 Å². The molecule has 0 aromatic carbocycles. The van der Waals surface area contributed by atoms with Gasteiger partial charge in [-0.25, -0.2) is 5.84 Å². The minimum Gasteiger partial charge on any atom is -0.370 e. The van der Waals surface area contributed by atoms with Crippen LogP contribution in [0.3, 0.4) is 0 Å². The third-order valence-corrected chi connectivity index (χ3v) is 3.87. The molecule has 98 valence electrons. The van der Waals surface area contributed by atoms with Crippen LogP contribution in [-0.2, 0) is 0 Å². The molecule has 3 rings (SSSR count). The molecule has 0 spiro atoms. The molecule has 2 saturated carbocycles. The van der Waals surface area contributed by atoms with E-state index in [1.807, 2.05) is 0 Å². The lowest BCUT2D eigenvalue weighted by Gasteiger charge is -2.17. The van der Waals surface area contributed by atoms with Gasteiger partial charge in [0.25, 0.3) is 0 Å². The summed E-state index contributed by atoms with van der Waals surface area (Å²) in [6, 6.07) is 1.78. The van der Waals surface area contributed by atoms with Gasteiger partial charge in [-0.2, -0.15) is 9.97 Å². The van der Waals surface area contributed by atoms with Crippen LogP contribution in [0.15, 0.2) is 6.07 Å². The van der Waals surface area contributed by atoms with Crippen LogP contribution in [0.25, 0.3) is 0 Å². The maximum Gasteiger partial charge on any atom is 0.223 e. The van der Waals surface area contributed by atoms with Crippen molar-refractivity contribution in [2.24, 2.45) is 23.6 Å². The molecule has 0 atom stereocenters. The summed E-state index contributed by atoms with van der Waals surface area (Å²) >= 11 is 0. The highest BCUT2D eigenvalue weighted by atomic mass is 15.3. The van der Waals surface area contributed by atoms with E-state index < -0.39 is 0 Å². The van der Waals surface area contributed by atoms with Gasteiger partial charge < -0.3 is 16.5 Å². The lowest BCUT2D eigenvalue weighted by Crippen LogP contribution is -2.19. The van der Waals surface area contributed by atoms with Crippen LogP contribution in [0.5, 0.6) is 0 Å². The molecule has 6 nitrogen and oxygen atoms in total. The average molecular weight is 248 g/mol. The Hall–Kier alpha value is -1.56. The molecule has 0 aliphatic heterocycles. The second-order valence-electron chi connectivity index (χ2n) is 5.36. The zero-order valence-corrected chi connectivity index (χ0v) is 10.4. The highest BCUT2D eigenvalue weighted by Crippen LogP contribution is 2.49. The van der Waals surface area contributed by atoms with Crippen molar-refractivity contribution in [2.45, 2.75) is 25.7 Å². The van der Waals surface area contributed by atoms with Gasteiger partial charge in [-0.3, -0.25) is 0 Å². The summed E-state index contributed by atoms with van der Waals surface area (Å²) < 4.78 is 0. The van der Waals surface area contributed by atoms with Crippen molar-refractivity contribution in [1.29, 1.82) is 0 Å². The highest BCUT2D eigenvalue weighted by molar-refractivity contribution is 5.50. The number of nitrogens with zero attached hydrogens (tertiary/aromatic N) is 2. The molecular weight excluding hydrogens is 228 g/mol. The zero-order valence-electron chi connectivity index (χ0n) is 10.4. The van der Waals surface area contributed by atoms with Crippen LogP contribution < -0.4 is 22.3 Å². The van der Waals surface area contributed by atoms with Gasteiger partial charge in [-0.15, -0.1) is 0 Å². The Bertz CT molecular complexity index is 415. The van der Waals surface area contributed by atoms with Crippen molar-refractivity contribution in [2.75, 3.05) is 23.0 Å². The molecule has 0 amide bonds. The second kappa shape index (κ2) is 4.61. The first-order chi connectivity index (χ1) is 8.76. The van der Waals surface area contributed by atoms with E-state index in [1.54, 1.807) is 6.07 Å². The van der Waals surface area contributed by atoms with Crippen molar-refractivity contribution in [3.63, 3.8) is 0 Å². The van der Waals surface area contributed by atoms with Crippen molar-refractivity contribution in [3.8, 4) is 0 Å². The Labute approximate surface area is 107 Å². The summed E-state index contributed by atoms with van der Waals surface area (Å²) in [5.74, 6) is 9.52. The van der Waals surface area contributed by atoms with E-state index in [-0.39, 0.29) is 5.95 Å². The van der Waals surface area contributed by atoms with Crippen LogP contribution in [0.2, 0.25) is 0 Å². The number of hydrazine groups is 1. The van der Waals surface area contributed by atoms with E-state index >= 15 is 0 Å². The first-order valence-corrected chi connectivity index (χ1v) is 6.61. The first-order valence-electron chi connectivity index (χ1n) is 6.61. The van der Waals surface area contributed by atoms with Gasteiger partial charge in [0.1, 0.15) is 11.6 Å². The Morgan fingerprint density at radius 1 is 1.17 bits per heavy atom. The van der Waals surface area contributed by atoms with Crippen LogP contribution in [0.1, 0.15) is 25.7 Å². The third kappa shape index (κ3) is 2.64. The smallest absolute Gasteiger partial charge is 0.223 e. The minimum absolute atomic E-state index is 0.238. The molecule has 2 fully saturated rings. The standard InChI is InChI=1S/C12H20N6/c13-12-16-10(5-11(17-12)18-14)15-6-9(7-1-2-7)8-3-4-8/h5,7-9H,1-4,6,14H2,(H4,13,15,16,17,18). The summed E-state index contributed by atoms with van der Waals surface area (Å²) in [4.78, 5) is 8.14. The van der Waals surface area contributed by atoms with Gasteiger partial charge in [-0.1, -0.05) is 0 Å². The van der Waals surface area contributed by atoms with Crippen LogP contribution >= 0.6 is 0 Å². The number of nitrogens with one attached hydrogen (secondary N) is 2. The topological polar surface area (TPSA) is 102 Å². The van der Waals surface area contributed by atoms with E-state index in [4.69, 9.17) is 11.6 Å². The molecule has 0 unspecified atom stereocenters. The Kier molecular flexibility index (Phi) is 2.95. The molecule has 2 aliphatic carbocycles. The van der Waals surface area contributed by atoms with Crippen LogP contribution in [0, 0.1) is 17.8 Å². The molecule has 0 radical (unpaired) electrons. The molecule has 1 aromatic rings. The number of rotatable bonds is 6. The van der Waals surface area contributed by atoms with E-state index in [1.165, 1.54) is 25.7 Å². The van der Waals surface area contributed by atoms with Crippen molar-refractivity contribution in [1.82, 2.24) is 9.97 Å². The number of nitrogen functional groups attached to an aromatic ring is 2. The number of nitrogens with two attached hydrogens (primary N) is 2. The lowest BCUT2D eigenvalue weighted by atomic mass is 9.98. The largest absolute Gasteiger partial charge is 0.370 e. The molecule has 2 aliphatic rings. The van der Waals surface area contributed by atoms with Crippen molar-refractivity contribution >= 4 is 17.6 Å². The summed E-state index contributed by atoms with van der Waals surface area (Å²) in [6.07, 6.45) is 5.57. The van der Waals surface area contributed by atoms with Gasteiger partial charge in [0.2, 0.25) is 5.95 Å². The normalized spacial score (nSPS) is 19.0. The van der Waals surface area contributed by atoms with Gasteiger partial charge in [0.15, 0.2) is 0 Å². The summed E-state index contributed by atoms with van der Waals surface area (Å²) in [5, 5.41) is 3.38. The first kappa shape index (κ1) is 11.5. The SMILES string of the molecule is NNc1cc(NCC(C2CC2)C2CC2)nc(N)n1. The van der Waals surface area contributed by atoms with Crippen LogP contribution in [-0.4, -0.2) is 16.5 Å². The quantitative estimate of drug-likeness (QED) is 0.445. The summed E-state index contributed by atoms with van der Waals surface area (Å²) in [7, 11) is 0. The predicted molar refractivity (Wildman–Crippen MR) is 71.7 cm³/mol. The summed E-state index contributed by atoms with van der Waals surface area (Å²) in [5.41, 5.74) is 8.12. The minimum atomic E-state index is 0.238. The van der Waals surface area contributed by atoms with E-state index in [2.05, 4.69) is 20.7 Å². The molecule has 18 heavy (non-hydrogen) atoms. The molecule has 1 heterocycles. The highest BCUT2D eigenvalue weighted by Gasteiger charge is 2.41. The zero-order chi connectivity index (χ0) is 12.5. The Balaban J connectivity index is 1.62. The molecular formula is C12H20N6. The molecule has 6 heteroatoms.